The first-order valence-corrected chi connectivity index (χ1v) is 10.2. The normalized spacial score (nSPS) is 12.1. The summed E-state index contributed by atoms with van der Waals surface area (Å²) in [5, 5.41) is 10.8. The summed E-state index contributed by atoms with van der Waals surface area (Å²) >= 11 is 0. The summed E-state index contributed by atoms with van der Waals surface area (Å²) in [7, 11) is 3.20. The molecule has 0 fully saturated rings. The van der Waals surface area contributed by atoms with Crippen molar-refractivity contribution in [1.82, 2.24) is 0 Å². The molecule has 0 bridgehead atoms. The number of hydrogen-bond donors (Lipinski definition) is 1. The van der Waals surface area contributed by atoms with Crippen LogP contribution in [0.15, 0.2) is 102 Å². The molecule has 3 aromatic rings. The number of benzene rings is 3. The van der Waals surface area contributed by atoms with Gasteiger partial charge in [-0.2, -0.15) is 0 Å². The fraction of sp³-hybridized carbons (Fsp3) is 0.107. The number of aliphatic hydroxyl groups is 1. The van der Waals surface area contributed by atoms with E-state index in [0.29, 0.717) is 17.7 Å². The molecule has 0 saturated carbocycles. The Bertz CT molecular complexity index is 1140. The Hall–Kier alpha value is -4.05. The van der Waals surface area contributed by atoms with Crippen LogP contribution in [0.1, 0.15) is 16.7 Å². The summed E-state index contributed by atoms with van der Waals surface area (Å²) in [5.41, 5.74) is 2.94. The zero-order chi connectivity index (χ0) is 22.8. The molecule has 0 heterocycles. The summed E-state index contributed by atoms with van der Waals surface area (Å²) in [6.07, 6.45) is 6.81. The minimum atomic E-state index is -0.260. The molecule has 0 saturated heterocycles. The summed E-state index contributed by atoms with van der Waals surface area (Å²) in [6.45, 7) is 0. The standard InChI is InChI=1S/C28H26O4/c1-31-24-12-6-10-22(18-24)14-16-27(29)26(20-21-8-4-3-5-9-21)28(30)17-15-23-11-7-13-25(19-23)32-2/h3-19,29H,20H2,1-2H3/b16-14+,17-15+,27-26-. The molecule has 0 radical (unpaired) electrons. The molecule has 4 nitrogen and oxygen atoms in total. The minimum absolute atomic E-state index is 0.0723. The molecule has 0 aliphatic heterocycles. The van der Waals surface area contributed by atoms with Gasteiger partial charge in [0.15, 0.2) is 5.78 Å². The maximum atomic E-state index is 13.0. The molecule has 3 rings (SSSR count). The lowest BCUT2D eigenvalue weighted by atomic mass is 9.99. The van der Waals surface area contributed by atoms with Crippen molar-refractivity contribution in [2.75, 3.05) is 14.2 Å². The molecule has 4 heteroatoms. The van der Waals surface area contributed by atoms with E-state index in [0.717, 1.165) is 22.4 Å². The van der Waals surface area contributed by atoms with Gasteiger partial charge in [-0.3, -0.25) is 4.79 Å². The second kappa shape index (κ2) is 11.4. The minimum Gasteiger partial charge on any atom is -0.508 e. The van der Waals surface area contributed by atoms with Gasteiger partial charge in [-0.1, -0.05) is 66.7 Å². The number of carbonyl (C=O) groups excluding carboxylic acids is 1. The Balaban J connectivity index is 1.89. The second-order valence-corrected chi connectivity index (χ2v) is 7.11. The van der Waals surface area contributed by atoms with Gasteiger partial charge in [0.25, 0.3) is 0 Å². The van der Waals surface area contributed by atoms with E-state index in [-0.39, 0.29) is 11.5 Å². The fourth-order valence-electron chi connectivity index (χ4n) is 3.14. The third-order valence-electron chi connectivity index (χ3n) is 4.88. The molecule has 0 amide bonds. The van der Waals surface area contributed by atoms with Crippen LogP contribution >= 0.6 is 0 Å². The highest BCUT2D eigenvalue weighted by atomic mass is 16.5. The summed E-state index contributed by atoms with van der Waals surface area (Å²) in [4.78, 5) is 13.0. The van der Waals surface area contributed by atoms with Crippen LogP contribution in [0.5, 0.6) is 11.5 Å². The van der Waals surface area contributed by atoms with Crippen LogP contribution in [0.4, 0.5) is 0 Å². The molecular weight excluding hydrogens is 400 g/mol. The second-order valence-electron chi connectivity index (χ2n) is 7.11. The molecule has 162 valence electrons. The highest BCUT2D eigenvalue weighted by molar-refractivity contribution is 6.07. The number of ether oxygens (including phenoxy) is 2. The van der Waals surface area contributed by atoms with Crippen LogP contribution in [-0.4, -0.2) is 25.1 Å². The van der Waals surface area contributed by atoms with E-state index < -0.39 is 0 Å². The maximum absolute atomic E-state index is 13.0. The van der Waals surface area contributed by atoms with Crippen molar-refractivity contribution < 1.29 is 19.4 Å². The SMILES string of the molecule is COc1cccc(/C=C/C(=O)/C(Cc2ccccc2)=C(O)/C=C/c2cccc(OC)c2)c1. The molecule has 1 N–H and O–H groups in total. The van der Waals surface area contributed by atoms with Crippen LogP contribution in [0.3, 0.4) is 0 Å². The van der Waals surface area contributed by atoms with Crippen molar-refractivity contribution in [1.29, 1.82) is 0 Å². The number of ketones is 1. The number of hydrogen-bond acceptors (Lipinski definition) is 4. The molecule has 0 unspecified atom stereocenters. The van der Waals surface area contributed by atoms with Crippen molar-refractivity contribution in [3.05, 3.63) is 119 Å². The number of aliphatic hydroxyl groups excluding tert-OH is 1. The predicted octanol–water partition coefficient (Wildman–Crippen LogP) is 6.05. The molecule has 32 heavy (non-hydrogen) atoms. The lowest BCUT2D eigenvalue weighted by molar-refractivity contribution is -0.111. The van der Waals surface area contributed by atoms with E-state index in [1.807, 2.05) is 78.9 Å². The van der Waals surface area contributed by atoms with Gasteiger partial charge in [0.05, 0.1) is 14.2 Å². The van der Waals surface area contributed by atoms with E-state index in [1.54, 1.807) is 32.4 Å². The number of methoxy groups -OCH3 is 2. The largest absolute Gasteiger partial charge is 0.508 e. The average Bonchev–Trinajstić information content (AvgIpc) is 2.85. The summed E-state index contributed by atoms with van der Waals surface area (Å²) < 4.78 is 10.5. The van der Waals surface area contributed by atoms with Crippen LogP contribution in [0.2, 0.25) is 0 Å². The van der Waals surface area contributed by atoms with Gasteiger partial charge in [-0.15, -0.1) is 0 Å². The Morgan fingerprint density at radius 3 is 1.91 bits per heavy atom. The van der Waals surface area contributed by atoms with Crippen molar-refractivity contribution in [2.45, 2.75) is 6.42 Å². The van der Waals surface area contributed by atoms with Gasteiger partial charge in [0, 0.05) is 12.0 Å². The van der Waals surface area contributed by atoms with Crippen molar-refractivity contribution in [2.24, 2.45) is 0 Å². The molecular formula is C28H26O4. The van der Waals surface area contributed by atoms with Crippen molar-refractivity contribution in [3.8, 4) is 11.5 Å². The van der Waals surface area contributed by atoms with Gasteiger partial charge in [-0.05, 0) is 53.1 Å². The van der Waals surface area contributed by atoms with Crippen LogP contribution in [-0.2, 0) is 11.2 Å². The van der Waals surface area contributed by atoms with Crippen LogP contribution < -0.4 is 9.47 Å². The zero-order valence-corrected chi connectivity index (χ0v) is 18.2. The Morgan fingerprint density at radius 2 is 1.34 bits per heavy atom. The number of allylic oxidation sites excluding steroid dienone is 3. The van der Waals surface area contributed by atoms with Crippen LogP contribution in [0.25, 0.3) is 12.2 Å². The Kier molecular flexibility index (Phi) is 8.04. The van der Waals surface area contributed by atoms with Gasteiger partial charge in [0.1, 0.15) is 17.3 Å². The van der Waals surface area contributed by atoms with E-state index in [2.05, 4.69) is 0 Å². The molecule has 0 spiro atoms. The molecule has 0 aliphatic carbocycles. The lowest BCUT2D eigenvalue weighted by Gasteiger charge is -2.07. The summed E-state index contributed by atoms with van der Waals surface area (Å²) in [5.74, 6) is 1.10. The topological polar surface area (TPSA) is 55.8 Å². The fourth-order valence-corrected chi connectivity index (χ4v) is 3.14. The average molecular weight is 427 g/mol. The van der Waals surface area contributed by atoms with E-state index in [4.69, 9.17) is 9.47 Å². The van der Waals surface area contributed by atoms with E-state index >= 15 is 0 Å². The third kappa shape index (κ3) is 6.47. The number of rotatable bonds is 9. The smallest absolute Gasteiger partial charge is 0.185 e. The van der Waals surface area contributed by atoms with E-state index in [9.17, 15) is 9.90 Å². The quantitative estimate of drug-likeness (QED) is 0.257. The molecule has 0 aromatic heterocycles. The van der Waals surface area contributed by atoms with Crippen molar-refractivity contribution >= 4 is 17.9 Å². The highest BCUT2D eigenvalue weighted by Gasteiger charge is 2.12. The lowest BCUT2D eigenvalue weighted by Crippen LogP contribution is -2.06. The van der Waals surface area contributed by atoms with Gasteiger partial charge >= 0.3 is 0 Å². The zero-order valence-electron chi connectivity index (χ0n) is 18.2. The maximum Gasteiger partial charge on any atom is 0.185 e. The highest BCUT2D eigenvalue weighted by Crippen LogP contribution is 2.19. The van der Waals surface area contributed by atoms with Crippen molar-refractivity contribution in [3.63, 3.8) is 0 Å². The third-order valence-corrected chi connectivity index (χ3v) is 4.88. The van der Waals surface area contributed by atoms with E-state index in [1.165, 1.54) is 6.08 Å². The first-order chi connectivity index (χ1) is 15.6. The van der Waals surface area contributed by atoms with Gasteiger partial charge in [-0.25, -0.2) is 0 Å². The van der Waals surface area contributed by atoms with Gasteiger partial charge < -0.3 is 14.6 Å². The van der Waals surface area contributed by atoms with Crippen LogP contribution in [0, 0.1) is 0 Å². The Morgan fingerprint density at radius 1 is 0.781 bits per heavy atom. The Labute approximate surface area is 188 Å². The summed E-state index contributed by atoms with van der Waals surface area (Å²) in [6, 6.07) is 24.5. The monoisotopic (exact) mass is 426 g/mol. The van der Waals surface area contributed by atoms with Gasteiger partial charge in [0.2, 0.25) is 0 Å². The molecule has 0 atom stereocenters. The molecule has 0 aliphatic rings. The number of carbonyl (C=O) groups is 1. The first kappa shape index (κ1) is 22.6. The predicted molar refractivity (Wildman–Crippen MR) is 129 cm³/mol. The first-order valence-electron chi connectivity index (χ1n) is 10.2. The molecule has 3 aromatic carbocycles.